The van der Waals surface area contributed by atoms with E-state index in [0.29, 0.717) is 19.0 Å². The van der Waals surface area contributed by atoms with Gasteiger partial charge in [0.15, 0.2) is 5.75 Å². The van der Waals surface area contributed by atoms with Crippen LogP contribution in [0.25, 0.3) is 0 Å². The van der Waals surface area contributed by atoms with Gasteiger partial charge in [0.2, 0.25) is 0 Å². The van der Waals surface area contributed by atoms with Crippen LogP contribution >= 0.6 is 7.82 Å². The second-order valence-corrected chi connectivity index (χ2v) is 6.35. The van der Waals surface area contributed by atoms with Crippen LogP contribution in [0.4, 0.5) is 0 Å². The lowest BCUT2D eigenvalue weighted by Crippen LogP contribution is -2.05. The first-order chi connectivity index (χ1) is 10.1. The topological polar surface area (TPSA) is 54.0 Å². The maximum absolute atomic E-state index is 12.4. The number of rotatable bonds is 11. The van der Waals surface area contributed by atoms with Crippen molar-refractivity contribution in [1.29, 1.82) is 0 Å². The van der Waals surface area contributed by atoms with Gasteiger partial charge in [0.25, 0.3) is 0 Å². The Morgan fingerprint density at radius 2 is 1.48 bits per heavy atom. The van der Waals surface area contributed by atoms with Crippen molar-refractivity contribution in [2.24, 2.45) is 0 Å². The Labute approximate surface area is 127 Å². The summed E-state index contributed by atoms with van der Waals surface area (Å²) in [6, 6.07) is 7.22. The first-order valence-electron chi connectivity index (χ1n) is 7.41. The Morgan fingerprint density at radius 3 is 1.95 bits per heavy atom. The van der Waals surface area contributed by atoms with E-state index in [0.717, 1.165) is 31.2 Å². The van der Waals surface area contributed by atoms with E-state index in [1.165, 1.54) is 0 Å². The van der Waals surface area contributed by atoms with E-state index < -0.39 is 7.82 Å². The van der Waals surface area contributed by atoms with Crippen LogP contribution in [0, 0.1) is 6.92 Å². The van der Waals surface area contributed by atoms with Crippen molar-refractivity contribution in [1.82, 2.24) is 0 Å². The minimum atomic E-state index is -3.68. The van der Waals surface area contributed by atoms with Gasteiger partial charge in [0.1, 0.15) is 0 Å². The fraction of sp³-hybridized carbons (Fsp3) is 0.600. The first kappa shape index (κ1) is 18.2. The van der Waals surface area contributed by atoms with Gasteiger partial charge in [-0.25, -0.2) is 4.57 Å². The maximum atomic E-state index is 12.4. The van der Waals surface area contributed by atoms with Gasteiger partial charge in [0, 0.05) is 0 Å². The van der Waals surface area contributed by atoms with Gasteiger partial charge in [-0.2, -0.15) is 0 Å². The predicted molar refractivity (Wildman–Crippen MR) is 82.2 cm³/mol. The van der Waals surface area contributed by atoms with Crippen LogP contribution in [0.3, 0.4) is 0 Å². The molecule has 0 aromatic heterocycles. The van der Waals surface area contributed by atoms with Crippen LogP contribution in [-0.4, -0.2) is 13.2 Å². The fourth-order valence-electron chi connectivity index (χ4n) is 1.40. The van der Waals surface area contributed by atoms with E-state index >= 15 is 0 Å². The van der Waals surface area contributed by atoms with Crippen molar-refractivity contribution in [2.75, 3.05) is 13.2 Å². The fourth-order valence-corrected chi connectivity index (χ4v) is 2.45. The number of hydrogen-bond donors (Lipinski definition) is 0. The molecular weight excluding hydrogens is 291 g/mol. The highest BCUT2D eigenvalue weighted by molar-refractivity contribution is 7.48. The summed E-state index contributed by atoms with van der Waals surface area (Å²) in [6.07, 6.45) is 3.45. The zero-order valence-electron chi connectivity index (χ0n) is 13.0. The molecule has 6 heteroatoms. The average Bonchev–Trinajstić information content (AvgIpc) is 2.47. The summed E-state index contributed by atoms with van der Waals surface area (Å²) >= 11 is 0. The normalized spacial score (nSPS) is 11.6. The Hall–Kier alpha value is -0.870. The molecule has 0 saturated heterocycles. The third-order valence-corrected chi connectivity index (χ3v) is 4.00. The van der Waals surface area contributed by atoms with Crippen LogP contribution < -0.4 is 4.89 Å². The summed E-state index contributed by atoms with van der Waals surface area (Å²) in [5.41, 5.74) is 1.10. The molecule has 0 aliphatic heterocycles. The summed E-state index contributed by atoms with van der Waals surface area (Å²) in [6.45, 7) is 6.65. The number of phosphoric acid groups is 1. The molecule has 5 nitrogen and oxygen atoms in total. The molecular formula is C15H25O5P. The number of phosphoric ester groups is 1. The lowest BCUT2D eigenvalue weighted by Gasteiger charge is -2.16. The highest BCUT2D eigenvalue weighted by Gasteiger charge is 2.29. The van der Waals surface area contributed by atoms with Crippen LogP contribution in [0.1, 0.15) is 45.1 Å². The van der Waals surface area contributed by atoms with Crippen molar-refractivity contribution < 1.29 is 23.2 Å². The second kappa shape index (κ2) is 9.96. The maximum Gasteiger partial charge on any atom is 0.511 e. The van der Waals surface area contributed by atoms with Gasteiger partial charge in [0.05, 0.1) is 13.2 Å². The van der Waals surface area contributed by atoms with Crippen molar-refractivity contribution in [3.8, 4) is 5.75 Å². The Morgan fingerprint density at radius 1 is 0.952 bits per heavy atom. The molecule has 1 aromatic rings. The number of unbranched alkanes of at least 4 members (excludes halogenated alkanes) is 2. The smallest absolute Gasteiger partial charge is 0.327 e. The molecule has 21 heavy (non-hydrogen) atoms. The van der Waals surface area contributed by atoms with Gasteiger partial charge in [-0.05, 0) is 31.9 Å². The Balaban J connectivity index is 2.53. The lowest BCUT2D eigenvalue weighted by molar-refractivity contribution is -0.132. The third-order valence-electron chi connectivity index (χ3n) is 2.74. The van der Waals surface area contributed by atoms with E-state index in [4.69, 9.17) is 18.6 Å². The monoisotopic (exact) mass is 316 g/mol. The summed E-state index contributed by atoms with van der Waals surface area (Å²) in [7, 11) is -3.68. The minimum Gasteiger partial charge on any atom is -0.327 e. The van der Waals surface area contributed by atoms with Gasteiger partial charge in [-0.15, -0.1) is 0 Å². The van der Waals surface area contributed by atoms with Crippen LogP contribution in [0.2, 0.25) is 0 Å². The van der Waals surface area contributed by atoms with Gasteiger partial charge in [-0.1, -0.05) is 49.1 Å². The SMILES string of the molecule is CCCCOP(=O)(OCCCC)OOc1ccc(C)cc1. The van der Waals surface area contributed by atoms with Crippen molar-refractivity contribution >= 4 is 7.82 Å². The molecule has 120 valence electrons. The van der Waals surface area contributed by atoms with Crippen LogP contribution in [0.5, 0.6) is 5.75 Å². The lowest BCUT2D eigenvalue weighted by atomic mass is 10.2. The molecule has 0 atom stereocenters. The van der Waals surface area contributed by atoms with E-state index in [2.05, 4.69) is 0 Å². The molecule has 0 heterocycles. The Kier molecular flexibility index (Phi) is 8.62. The number of hydrogen-bond acceptors (Lipinski definition) is 5. The standard InChI is InChI=1S/C15H25O5P/c1-4-6-12-17-21(16,18-13-7-5-2)20-19-15-10-8-14(3)9-11-15/h8-11H,4-7,12-13H2,1-3H3. The van der Waals surface area contributed by atoms with E-state index in [-0.39, 0.29) is 0 Å². The molecule has 0 saturated carbocycles. The van der Waals surface area contributed by atoms with Gasteiger partial charge >= 0.3 is 7.82 Å². The summed E-state index contributed by atoms with van der Waals surface area (Å²) in [5.74, 6) is 0.457. The quantitative estimate of drug-likeness (QED) is 0.247. The molecule has 0 radical (unpaired) electrons. The molecule has 0 amide bonds. The molecule has 1 aromatic carbocycles. The number of benzene rings is 1. The summed E-state index contributed by atoms with van der Waals surface area (Å²) in [5, 5.41) is 0. The zero-order valence-corrected chi connectivity index (χ0v) is 13.9. The van der Waals surface area contributed by atoms with E-state index in [9.17, 15) is 4.57 Å². The van der Waals surface area contributed by atoms with E-state index in [1.807, 2.05) is 32.9 Å². The predicted octanol–water partition coefficient (Wildman–Crippen LogP) is 5.05. The summed E-state index contributed by atoms with van der Waals surface area (Å²) < 4.78 is 27.9. The molecule has 0 unspecified atom stereocenters. The second-order valence-electron chi connectivity index (χ2n) is 4.79. The molecule has 0 bridgehead atoms. The summed E-state index contributed by atoms with van der Waals surface area (Å²) in [4.78, 5) is 5.07. The van der Waals surface area contributed by atoms with Crippen molar-refractivity contribution in [3.63, 3.8) is 0 Å². The zero-order chi connectivity index (χ0) is 15.6. The third kappa shape index (κ3) is 7.63. The molecule has 0 N–H and O–H groups in total. The van der Waals surface area contributed by atoms with Gasteiger partial charge in [-0.3, -0.25) is 9.05 Å². The van der Waals surface area contributed by atoms with Gasteiger partial charge < -0.3 is 4.89 Å². The molecule has 1 rings (SSSR count). The molecule has 0 aliphatic rings. The van der Waals surface area contributed by atoms with Crippen molar-refractivity contribution in [3.05, 3.63) is 29.8 Å². The minimum absolute atomic E-state index is 0.317. The largest absolute Gasteiger partial charge is 0.511 e. The number of aryl methyl sites for hydroxylation is 1. The highest BCUT2D eigenvalue weighted by Crippen LogP contribution is 2.50. The molecule has 0 fully saturated rings. The average molecular weight is 316 g/mol. The Bertz CT molecular complexity index is 418. The van der Waals surface area contributed by atoms with E-state index in [1.54, 1.807) is 12.1 Å². The molecule has 0 aliphatic carbocycles. The highest BCUT2D eigenvalue weighted by atomic mass is 31.2. The van der Waals surface area contributed by atoms with Crippen LogP contribution in [0.15, 0.2) is 24.3 Å². The van der Waals surface area contributed by atoms with Crippen molar-refractivity contribution in [2.45, 2.75) is 46.5 Å². The molecule has 0 spiro atoms. The van der Waals surface area contributed by atoms with Crippen LogP contribution in [-0.2, 0) is 18.3 Å². The first-order valence-corrected chi connectivity index (χ1v) is 8.87.